The summed E-state index contributed by atoms with van der Waals surface area (Å²) in [6, 6.07) is 1.75. The highest BCUT2D eigenvalue weighted by Crippen LogP contribution is 2.71. The minimum atomic E-state index is -2.36. The van der Waals surface area contributed by atoms with E-state index in [4.69, 9.17) is 14.7 Å². The van der Waals surface area contributed by atoms with Gasteiger partial charge in [0, 0.05) is 34.0 Å². The van der Waals surface area contributed by atoms with Crippen LogP contribution >= 0.6 is 11.3 Å². The molecule has 1 heterocycles. The first-order valence-corrected chi connectivity index (χ1v) is 14.7. The number of alkyl halides is 2. The quantitative estimate of drug-likeness (QED) is 0.487. The number of carbonyl (C=O) groups excluding carboxylic acids is 3. The number of allylic oxidation sites excluding steroid dienone is 4. The van der Waals surface area contributed by atoms with E-state index in [-0.39, 0.29) is 36.4 Å². The van der Waals surface area contributed by atoms with Gasteiger partial charge in [-0.3, -0.25) is 4.79 Å². The molecule has 3 fully saturated rings. The Balaban J connectivity index is 1.61. The summed E-state index contributed by atoms with van der Waals surface area (Å²) in [7, 11) is 0. The maximum atomic E-state index is 17.5. The van der Waals surface area contributed by atoms with E-state index < -0.39 is 76.5 Å². The van der Waals surface area contributed by atoms with Gasteiger partial charge in [-0.1, -0.05) is 33.8 Å². The first-order valence-electron chi connectivity index (χ1n) is 13.9. The fourth-order valence-electron chi connectivity index (χ4n) is 8.27. The second-order valence-corrected chi connectivity index (χ2v) is 13.5. The molecule has 1 aromatic rings. The molecule has 4 aliphatic rings. The number of nitriles is 1. The number of aliphatic hydroxyl groups excluding tert-OH is 1. The topological polar surface area (TPSA) is 127 Å². The lowest BCUT2D eigenvalue weighted by molar-refractivity contribution is -0.230. The third kappa shape index (κ3) is 3.89. The summed E-state index contributed by atoms with van der Waals surface area (Å²) in [6.45, 7) is 8.07. The number of aromatic nitrogens is 1. The summed E-state index contributed by atoms with van der Waals surface area (Å²) in [6.07, 6.45) is -0.146. The number of rotatable bonds is 5. The summed E-state index contributed by atoms with van der Waals surface area (Å²) in [5.74, 6) is -4.75. The molecule has 0 saturated heterocycles. The van der Waals surface area contributed by atoms with E-state index in [9.17, 15) is 19.5 Å². The average Bonchev–Trinajstić information content (AvgIpc) is 3.49. The Labute approximate surface area is 241 Å². The fourth-order valence-corrected chi connectivity index (χ4v) is 9.07. The van der Waals surface area contributed by atoms with Crippen molar-refractivity contribution in [3.05, 3.63) is 39.9 Å². The maximum Gasteiger partial charge on any atom is 0.358 e. The minimum Gasteiger partial charge on any atom is -0.447 e. The van der Waals surface area contributed by atoms with Crippen LogP contribution in [0.5, 0.6) is 0 Å². The Kier molecular flexibility index (Phi) is 7.06. The Hall–Kier alpha value is -2.97. The summed E-state index contributed by atoms with van der Waals surface area (Å²) in [4.78, 5) is 43.8. The largest absolute Gasteiger partial charge is 0.447 e. The van der Waals surface area contributed by atoms with Crippen molar-refractivity contribution < 1.29 is 37.7 Å². The fraction of sp³-hybridized carbons (Fsp3) is 0.633. The number of thiazole rings is 1. The van der Waals surface area contributed by atoms with Crippen LogP contribution < -0.4 is 0 Å². The van der Waals surface area contributed by atoms with Crippen LogP contribution in [0.4, 0.5) is 8.78 Å². The highest BCUT2D eigenvalue weighted by atomic mass is 32.1. The van der Waals surface area contributed by atoms with Crippen molar-refractivity contribution in [2.75, 3.05) is 6.61 Å². The first kappa shape index (κ1) is 29.5. The molecule has 9 atom stereocenters. The van der Waals surface area contributed by atoms with Gasteiger partial charge in [0.15, 0.2) is 23.8 Å². The van der Waals surface area contributed by atoms with Crippen LogP contribution in [0.15, 0.2) is 29.2 Å². The Morgan fingerprint density at radius 3 is 2.63 bits per heavy atom. The van der Waals surface area contributed by atoms with Crippen molar-refractivity contribution in [1.82, 2.24) is 4.98 Å². The number of hydrogen-bond acceptors (Lipinski definition) is 9. The van der Waals surface area contributed by atoms with Crippen molar-refractivity contribution >= 4 is 29.1 Å². The highest BCUT2D eigenvalue weighted by Gasteiger charge is 2.78. The predicted molar refractivity (Wildman–Crippen MR) is 144 cm³/mol. The van der Waals surface area contributed by atoms with Crippen LogP contribution in [0.1, 0.15) is 75.3 Å². The van der Waals surface area contributed by atoms with Crippen molar-refractivity contribution in [2.45, 2.75) is 83.3 Å². The molecule has 1 aromatic heterocycles. The van der Waals surface area contributed by atoms with Gasteiger partial charge >= 0.3 is 11.9 Å². The van der Waals surface area contributed by atoms with E-state index >= 15 is 8.78 Å². The summed E-state index contributed by atoms with van der Waals surface area (Å²) in [5.41, 5.74) is -7.34. The van der Waals surface area contributed by atoms with Crippen LogP contribution in [-0.2, 0) is 19.1 Å². The summed E-state index contributed by atoms with van der Waals surface area (Å²) >= 11 is 1.27. The van der Waals surface area contributed by atoms with Gasteiger partial charge in [0.2, 0.25) is 5.60 Å². The molecule has 11 heteroatoms. The number of ether oxygens (including phenoxy) is 2. The number of halogens is 2. The number of carbonyl (C=O) groups is 3. The number of esters is 2. The van der Waals surface area contributed by atoms with Gasteiger partial charge in [-0.25, -0.2) is 23.4 Å². The van der Waals surface area contributed by atoms with Crippen LogP contribution in [0, 0.1) is 39.9 Å². The predicted octanol–water partition coefficient (Wildman–Crippen LogP) is 4.79. The molecule has 0 aromatic carbocycles. The Morgan fingerprint density at radius 1 is 1.29 bits per heavy atom. The molecule has 0 bridgehead atoms. The lowest BCUT2D eigenvalue weighted by Gasteiger charge is -2.63. The van der Waals surface area contributed by atoms with Crippen molar-refractivity contribution in [1.29, 1.82) is 5.26 Å². The van der Waals surface area contributed by atoms with Gasteiger partial charge in [0.25, 0.3) is 0 Å². The third-order valence-electron chi connectivity index (χ3n) is 10.2. The number of aliphatic hydroxyl groups is 1. The molecule has 3 saturated carbocycles. The van der Waals surface area contributed by atoms with E-state index in [2.05, 4.69) is 4.98 Å². The van der Waals surface area contributed by atoms with Crippen molar-refractivity contribution in [2.24, 2.45) is 28.6 Å². The van der Waals surface area contributed by atoms with Crippen LogP contribution in [0.25, 0.3) is 0 Å². The maximum absolute atomic E-state index is 17.5. The highest BCUT2D eigenvalue weighted by molar-refractivity contribution is 7.09. The van der Waals surface area contributed by atoms with E-state index in [1.54, 1.807) is 19.9 Å². The molecule has 0 amide bonds. The lowest BCUT2D eigenvalue weighted by atomic mass is 9.44. The van der Waals surface area contributed by atoms with E-state index in [1.807, 2.05) is 13.8 Å². The number of fused-ring (bicyclic) bond motifs is 5. The molecule has 220 valence electrons. The monoisotopic (exact) mass is 588 g/mol. The molecule has 0 radical (unpaired) electrons. The van der Waals surface area contributed by atoms with Gasteiger partial charge in [-0.05, 0) is 49.8 Å². The molecule has 0 spiro atoms. The zero-order valence-electron chi connectivity index (χ0n) is 23.6. The third-order valence-corrected chi connectivity index (χ3v) is 11.4. The molecule has 4 aliphatic carbocycles. The second-order valence-electron chi connectivity index (χ2n) is 12.6. The molecule has 1 unspecified atom stereocenters. The van der Waals surface area contributed by atoms with Gasteiger partial charge in [0.05, 0.1) is 11.1 Å². The zero-order chi connectivity index (χ0) is 30.1. The summed E-state index contributed by atoms with van der Waals surface area (Å²) < 4.78 is 44.7. The average molecular weight is 589 g/mol. The van der Waals surface area contributed by atoms with E-state index in [0.29, 0.717) is 5.01 Å². The molecule has 5 rings (SSSR count). The van der Waals surface area contributed by atoms with Crippen molar-refractivity contribution in [3.63, 3.8) is 0 Å². The second kappa shape index (κ2) is 9.80. The number of hydrogen-bond donors (Lipinski definition) is 1. The smallest absolute Gasteiger partial charge is 0.358 e. The Bertz CT molecular complexity index is 1400. The molecular weight excluding hydrogens is 554 g/mol. The van der Waals surface area contributed by atoms with Crippen LogP contribution in [0.2, 0.25) is 0 Å². The molecule has 41 heavy (non-hydrogen) atoms. The van der Waals surface area contributed by atoms with Crippen molar-refractivity contribution in [3.8, 4) is 6.07 Å². The van der Waals surface area contributed by atoms with Crippen LogP contribution in [0.3, 0.4) is 0 Å². The van der Waals surface area contributed by atoms with E-state index in [0.717, 1.165) is 6.08 Å². The van der Waals surface area contributed by atoms with Gasteiger partial charge in [0.1, 0.15) is 12.2 Å². The van der Waals surface area contributed by atoms with E-state index in [1.165, 1.54) is 35.8 Å². The standard InChI is InChI=1S/C30H34F2N2O6S/c1-15(2)24-34-22(14-41-24)25(37)40-30(26(38)39-9-8-33)16(3)10-18-19-12-21(31)20-11-17(35)6-7-27(20,4)29(19,32)23(36)13-28(18,30)5/h6-7,11,14-16,18-19,21,23,36H,9-10,12-13H2,1-5H3/t16?,18-,19-,21-,23-,27-,28-,29-,30-/m0/s1. The molecule has 0 aliphatic heterocycles. The lowest BCUT2D eigenvalue weighted by Crippen LogP contribution is -2.71. The van der Waals surface area contributed by atoms with Gasteiger partial charge < -0.3 is 14.6 Å². The molecule has 8 nitrogen and oxygen atoms in total. The molecule has 1 N–H and O–H groups in total. The van der Waals surface area contributed by atoms with Crippen LogP contribution in [-0.4, -0.2) is 58.0 Å². The zero-order valence-corrected chi connectivity index (χ0v) is 24.5. The summed E-state index contributed by atoms with van der Waals surface area (Å²) in [5, 5.41) is 23.0. The van der Waals surface area contributed by atoms with Gasteiger partial charge in [-0.15, -0.1) is 11.3 Å². The van der Waals surface area contributed by atoms with Gasteiger partial charge in [-0.2, -0.15) is 5.26 Å². The number of ketones is 1. The number of nitrogens with zero attached hydrogens (tertiary/aromatic N) is 2. The Morgan fingerprint density at radius 2 is 2.00 bits per heavy atom. The normalized spacial score (nSPS) is 41.1. The molecular formula is C30H34F2N2O6S. The first-order chi connectivity index (χ1) is 19.2. The SMILES string of the molecule is CC(C)c1nc(C(=O)O[C@]2(C(=O)OCC#N)C(C)C[C@H]3[C@@H]4C[C@H](F)C5=CC(=O)C=C[C@]5(C)[C@@]4(F)[C@@H](O)C[C@@]32C)cs1. The minimum absolute atomic E-state index is 0.00222.